The summed E-state index contributed by atoms with van der Waals surface area (Å²) in [5.41, 5.74) is 0.476. The van der Waals surface area contributed by atoms with Gasteiger partial charge in [-0.1, -0.05) is 13.8 Å². The predicted octanol–water partition coefficient (Wildman–Crippen LogP) is 2.71. The van der Waals surface area contributed by atoms with Crippen molar-refractivity contribution in [1.82, 2.24) is 15.3 Å². The molecule has 1 heterocycles. The molecule has 118 valence electrons. The second-order valence-electron chi connectivity index (χ2n) is 4.80. The topological polar surface area (TPSA) is 66.9 Å². The smallest absolute Gasteiger partial charge is 0.382 e. The fourth-order valence-corrected chi connectivity index (χ4v) is 1.57. The fraction of sp³-hybridized carbons (Fsp3) is 0.615. The molecule has 1 aromatic heterocycles. The van der Waals surface area contributed by atoms with Gasteiger partial charge in [-0.2, -0.15) is 13.2 Å². The summed E-state index contributed by atoms with van der Waals surface area (Å²) in [6, 6.07) is 0. The molecule has 1 aromatic rings. The number of aromatic nitrogens is 2. The van der Waals surface area contributed by atoms with Crippen LogP contribution in [-0.2, 0) is 0 Å². The minimum atomic E-state index is -4.30. The molecule has 0 fully saturated rings. The molecule has 0 bridgehead atoms. The molecule has 2 N–H and O–H groups in total. The summed E-state index contributed by atoms with van der Waals surface area (Å²) < 4.78 is 36.3. The first-order chi connectivity index (χ1) is 9.74. The van der Waals surface area contributed by atoms with Gasteiger partial charge in [-0.25, -0.2) is 9.97 Å². The van der Waals surface area contributed by atoms with Gasteiger partial charge in [0.1, 0.15) is 5.82 Å². The van der Waals surface area contributed by atoms with Crippen molar-refractivity contribution in [2.45, 2.75) is 39.3 Å². The highest BCUT2D eigenvalue weighted by Crippen LogP contribution is 2.19. The molecule has 0 saturated heterocycles. The normalized spacial score (nSPS) is 11.6. The van der Waals surface area contributed by atoms with Gasteiger partial charge in [0.15, 0.2) is 5.69 Å². The van der Waals surface area contributed by atoms with Gasteiger partial charge in [-0.05, 0) is 6.92 Å². The minimum Gasteiger partial charge on any atom is -0.382 e. The highest BCUT2D eigenvalue weighted by molar-refractivity contribution is 5.97. The van der Waals surface area contributed by atoms with Gasteiger partial charge in [-0.15, -0.1) is 0 Å². The molecule has 0 aliphatic rings. The summed E-state index contributed by atoms with van der Waals surface area (Å²) in [5.74, 6) is -0.153. The minimum absolute atomic E-state index is 0.0161. The number of carbonyl (C=O) groups is 1. The molecule has 0 aliphatic carbocycles. The van der Waals surface area contributed by atoms with Crippen molar-refractivity contribution < 1.29 is 18.0 Å². The Hall–Kier alpha value is -1.86. The Balaban J connectivity index is 2.86. The van der Waals surface area contributed by atoms with E-state index >= 15 is 0 Å². The first kappa shape index (κ1) is 17.2. The van der Waals surface area contributed by atoms with Crippen LogP contribution >= 0.6 is 0 Å². The molecule has 0 radical (unpaired) electrons. The van der Waals surface area contributed by atoms with Crippen molar-refractivity contribution in [1.29, 1.82) is 0 Å². The molecule has 0 spiro atoms. The van der Waals surface area contributed by atoms with Gasteiger partial charge in [0.2, 0.25) is 0 Å². The van der Waals surface area contributed by atoms with Crippen LogP contribution in [0.25, 0.3) is 0 Å². The van der Waals surface area contributed by atoms with E-state index in [9.17, 15) is 18.0 Å². The number of halogens is 3. The summed E-state index contributed by atoms with van der Waals surface area (Å²) in [5, 5.41) is 5.15. The number of carbonyl (C=O) groups excluding carboxylic acids is 1. The molecule has 21 heavy (non-hydrogen) atoms. The molecule has 0 saturated carbocycles. The summed E-state index contributed by atoms with van der Waals surface area (Å²) >= 11 is 0. The zero-order valence-electron chi connectivity index (χ0n) is 12.2. The second-order valence-corrected chi connectivity index (χ2v) is 4.80. The Morgan fingerprint density at radius 3 is 2.57 bits per heavy atom. The highest BCUT2D eigenvalue weighted by Gasteiger charge is 2.27. The number of hydrogen-bond acceptors (Lipinski definition) is 4. The monoisotopic (exact) mass is 304 g/mol. The van der Waals surface area contributed by atoms with E-state index in [-0.39, 0.29) is 11.6 Å². The van der Waals surface area contributed by atoms with Gasteiger partial charge in [0.25, 0.3) is 5.91 Å². The van der Waals surface area contributed by atoms with E-state index in [4.69, 9.17) is 0 Å². The first-order valence-corrected chi connectivity index (χ1v) is 6.70. The SMILES string of the molecule is CCNc1cnc(C(C)C)nc1C(=O)NCCC(F)(F)F. The van der Waals surface area contributed by atoms with Crippen molar-refractivity contribution in [3.63, 3.8) is 0 Å². The molecule has 1 amide bonds. The molecule has 0 atom stereocenters. The Kier molecular flexibility index (Phi) is 5.92. The maximum Gasteiger partial charge on any atom is 0.390 e. The van der Waals surface area contributed by atoms with Crippen LogP contribution in [0.5, 0.6) is 0 Å². The van der Waals surface area contributed by atoms with Gasteiger partial charge in [0, 0.05) is 19.0 Å². The summed E-state index contributed by atoms with van der Waals surface area (Å²) in [6.45, 7) is 5.64. The molecule has 5 nitrogen and oxygen atoms in total. The van der Waals surface area contributed by atoms with Crippen LogP contribution in [0, 0.1) is 0 Å². The molecule has 8 heteroatoms. The predicted molar refractivity (Wildman–Crippen MR) is 73.3 cm³/mol. The molecular weight excluding hydrogens is 285 g/mol. The first-order valence-electron chi connectivity index (χ1n) is 6.70. The van der Waals surface area contributed by atoms with Crippen molar-refractivity contribution in [2.24, 2.45) is 0 Å². The number of nitrogens with zero attached hydrogens (tertiary/aromatic N) is 2. The number of amides is 1. The summed E-state index contributed by atoms with van der Waals surface area (Å²) in [7, 11) is 0. The van der Waals surface area contributed by atoms with E-state index in [1.54, 1.807) is 0 Å². The Morgan fingerprint density at radius 2 is 2.05 bits per heavy atom. The third-order valence-electron chi connectivity index (χ3n) is 2.60. The number of hydrogen-bond donors (Lipinski definition) is 2. The molecular formula is C13H19F3N4O. The number of anilines is 1. The Morgan fingerprint density at radius 1 is 1.38 bits per heavy atom. The molecule has 1 rings (SSSR count). The lowest BCUT2D eigenvalue weighted by atomic mass is 10.2. The van der Waals surface area contributed by atoms with Crippen molar-refractivity contribution in [3.05, 3.63) is 17.7 Å². The van der Waals surface area contributed by atoms with Crippen LogP contribution in [0.4, 0.5) is 18.9 Å². The van der Waals surface area contributed by atoms with Gasteiger partial charge >= 0.3 is 6.18 Å². The third-order valence-corrected chi connectivity index (χ3v) is 2.60. The summed E-state index contributed by atoms with van der Waals surface area (Å²) in [4.78, 5) is 20.3. The van der Waals surface area contributed by atoms with Crippen LogP contribution in [0.1, 0.15) is 49.4 Å². The molecule has 0 aliphatic heterocycles. The zero-order chi connectivity index (χ0) is 16.0. The fourth-order valence-electron chi connectivity index (χ4n) is 1.57. The quantitative estimate of drug-likeness (QED) is 0.848. The van der Waals surface area contributed by atoms with E-state index in [1.807, 2.05) is 20.8 Å². The number of nitrogens with one attached hydrogen (secondary N) is 2. The van der Waals surface area contributed by atoms with Gasteiger partial charge < -0.3 is 10.6 Å². The standard InChI is InChI=1S/C13H19F3N4O/c1-4-17-9-7-19-11(8(2)3)20-10(9)12(21)18-6-5-13(14,15)16/h7-8,17H,4-6H2,1-3H3,(H,18,21). The maximum absolute atomic E-state index is 12.1. The number of rotatable bonds is 6. The van der Waals surface area contributed by atoms with E-state index in [2.05, 4.69) is 20.6 Å². The summed E-state index contributed by atoms with van der Waals surface area (Å²) in [6.07, 6.45) is -3.89. The van der Waals surface area contributed by atoms with E-state index < -0.39 is 25.0 Å². The maximum atomic E-state index is 12.1. The van der Waals surface area contributed by atoms with Crippen LogP contribution < -0.4 is 10.6 Å². The highest BCUT2D eigenvalue weighted by atomic mass is 19.4. The van der Waals surface area contributed by atoms with Gasteiger partial charge in [0.05, 0.1) is 18.3 Å². The van der Waals surface area contributed by atoms with Crippen molar-refractivity contribution in [2.75, 3.05) is 18.4 Å². The molecule has 0 unspecified atom stereocenters. The van der Waals surface area contributed by atoms with Crippen LogP contribution in [0.3, 0.4) is 0 Å². The van der Waals surface area contributed by atoms with Crippen molar-refractivity contribution in [3.8, 4) is 0 Å². The number of alkyl halides is 3. The van der Waals surface area contributed by atoms with Crippen LogP contribution in [0.2, 0.25) is 0 Å². The van der Waals surface area contributed by atoms with Gasteiger partial charge in [-0.3, -0.25) is 4.79 Å². The Bertz CT molecular complexity index is 489. The van der Waals surface area contributed by atoms with E-state index in [0.29, 0.717) is 18.1 Å². The lowest BCUT2D eigenvalue weighted by molar-refractivity contribution is -0.132. The van der Waals surface area contributed by atoms with Crippen molar-refractivity contribution >= 4 is 11.6 Å². The molecule has 0 aromatic carbocycles. The Labute approximate surface area is 121 Å². The third kappa shape index (κ3) is 5.57. The average Bonchev–Trinajstić information content (AvgIpc) is 2.37. The second kappa shape index (κ2) is 7.24. The van der Waals surface area contributed by atoms with Crippen LogP contribution in [0.15, 0.2) is 6.20 Å². The largest absolute Gasteiger partial charge is 0.390 e. The van der Waals surface area contributed by atoms with Crippen LogP contribution in [-0.4, -0.2) is 35.1 Å². The average molecular weight is 304 g/mol. The lowest BCUT2D eigenvalue weighted by Crippen LogP contribution is -2.29. The zero-order valence-corrected chi connectivity index (χ0v) is 12.2. The lowest BCUT2D eigenvalue weighted by Gasteiger charge is -2.13. The van der Waals surface area contributed by atoms with E-state index in [1.165, 1.54) is 6.20 Å². The van der Waals surface area contributed by atoms with E-state index in [0.717, 1.165) is 0 Å².